The molecule has 0 unspecified atom stereocenters. The summed E-state index contributed by atoms with van der Waals surface area (Å²) < 4.78 is 6.93. The summed E-state index contributed by atoms with van der Waals surface area (Å²) in [5.41, 5.74) is 2.95. The number of fused-ring (bicyclic) bond motifs is 1. The molecule has 1 atom stereocenters. The largest absolute Gasteiger partial charge is 0.490 e. The predicted molar refractivity (Wildman–Crippen MR) is 82.7 cm³/mol. The van der Waals surface area contributed by atoms with Gasteiger partial charge in [0, 0.05) is 4.47 Å². The third kappa shape index (κ3) is 2.29. The van der Waals surface area contributed by atoms with Gasteiger partial charge >= 0.3 is 0 Å². The highest BCUT2D eigenvalue weighted by atomic mass is 79.9. The maximum atomic E-state index is 12.8. The van der Waals surface area contributed by atoms with Crippen molar-refractivity contribution in [3.8, 4) is 5.75 Å². The lowest BCUT2D eigenvalue weighted by Crippen LogP contribution is -2.49. The first-order valence-corrected chi connectivity index (χ1v) is 8.09. The number of halogens is 1. The smallest absolute Gasteiger partial charge is 0.187 e. The van der Waals surface area contributed by atoms with Crippen molar-refractivity contribution in [2.75, 3.05) is 19.7 Å². The van der Waals surface area contributed by atoms with Crippen molar-refractivity contribution < 1.29 is 9.53 Å². The summed E-state index contributed by atoms with van der Waals surface area (Å²) in [6, 6.07) is 1.83. The van der Waals surface area contributed by atoms with E-state index in [0.29, 0.717) is 6.61 Å². The van der Waals surface area contributed by atoms with E-state index in [2.05, 4.69) is 20.8 Å². The van der Waals surface area contributed by atoms with Gasteiger partial charge in [-0.1, -0.05) is 22.4 Å². The van der Waals surface area contributed by atoms with Gasteiger partial charge in [-0.05, 0) is 57.0 Å². The topological polar surface area (TPSA) is 29.5 Å². The lowest BCUT2D eigenvalue weighted by atomic mass is 9.94. The number of ether oxygens (including phenoxy) is 1. The molecule has 1 fully saturated rings. The van der Waals surface area contributed by atoms with Crippen LogP contribution in [0, 0.1) is 13.8 Å². The molecule has 2 aliphatic rings. The molecule has 0 radical (unpaired) electrons. The normalized spacial score (nSPS) is 23.4. The molecule has 3 rings (SSSR count). The molecule has 1 aromatic rings. The number of piperidine rings is 1. The van der Waals surface area contributed by atoms with Crippen LogP contribution in [0.1, 0.15) is 40.7 Å². The zero-order valence-corrected chi connectivity index (χ0v) is 13.6. The molecule has 0 saturated carbocycles. The van der Waals surface area contributed by atoms with Gasteiger partial charge in [0.2, 0.25) is 0 Å². The molecule has 0 aliphatic carbocycles. The summed E-state index contributed by atoms with van der Waals surface area (Å²) in [7, 11) is 0. The molecule has 1 aromatic carbocycles. The Hall–Kier alpha value is -0.870. The number of ketones is 1. The molecule has 2 heterocycles. The number of benzene rings is 1. The van der Waals surface area contributed by atoms with Gasteiger partial charge in [0.1, 0.15) is 18.4 Å². The van der Waals surface area contributed by atoms with Crippen LogP contribution in [0.5, 0.6) is 5.75 Å². The molecule has 0 amide bonds. The van der Waals surface area contributed by atoms with E-state index in [9.17, 15) is 4.79 Å². The number of carbonyl (C=O) groups is 1. The van der Waals surface area contributed by atoms with E-state index in [-0.39, 0.29) is 11.8 Å². The summed E-state index contributed by atoms with van der Waals surface area (Å²) in [4.78, 5) is 15.1. The Morgan fingerprint density at radius 3 is 2.60 bits per heavy atom. The molecule has 2 aliphatic heterocycles. The van der Waals surface area contributed by atoms with Crippen LogP contribution in [0.15, 0.2) is 10.5 Å². The van der Waals surface area contributed by atoms with Crippen molar-refractivity contribution in [2.24, 2.45) is 0 Å². The molecule has 1 saturated heterocycles. The lowest BCUT2D eigenvalue weighted by Gasteiger charge is -2.36. The molecule has 4 heteroatoms. The monoisotopic (exact) mass is 337 g/mol. The van der Waals surface area contributed by atoms with Crippen LogP contribution in [0.2, 0.25) is 0 Å². The minimum absolute atomic E-state index is 0.100. The molecule has 20 heavy (non-hydrogen) atoms. The van der Waals surface area contributed by atoms with E-state index in [0.717, 1.165) is 40.0 Å². The number of nitrogens with zero attached hydrogens (tertiary/aromatic N) is 1. The highest BCUT2D eigenvalue weighted by Crippen LogP contribution is 2.36. The van der Waals surface area contributed by atoms with E-state index in [1.54, 1.807) is 0 Å². The number of carbonyl (C=O) groups excluding carboxylic acids is 1. The van der Waals surface area contributed by atoms with E-state index < -0.39 is 0 Å². The van der Waals surface area contributed by atoms with Crippen LogP contribution < -0.4 is 4.74 Å². The second-order valence-electron chi connectivity index (χ2n) is 5.77. The number of Topliss-reactive ketones (excluding diaryl/α,β-unsaturated/α-hetero) is 1. The van der Waals surface area contributed by atoms with E-state index in [1.807, 2.05) is 19.9 Å². The van der Waals surface area contributed by atoms with Crippen molar-refractivity contribution in [3.05, 3.63) is 27.2 Å². The molecule has 0 N–H and O–H groups in total. The fraction of sp³-hybridized carbons (Fsp3) is 0.562. The number of rotatable bonds is 1. The van der Waals surface area contributed by atoms with Crippen molar-refractivity contribution in [1.29, 1.82) is 0 Å². The third-order valence-corrected chi connectivity index (χ3v) is 5.39. The maximum absolute atomic E-state index is 12.8. The van der Waals surface area contributed by atoms with Gasteiger partial charge in [-0.25, -0.2) is 0 Å². The Bertz CT molecular complexity index is 550. The van der Waals surface area contributed by atoms with Gasteiger partial charge in [0.05, 0.1) is 5.56 Å². The fourth-order valence-electron chi connectivity index (χ4n) is 3.14. The molecular weight excluding hydrogens is 318 g/mol. The van der Waals surface area contributed by atoms with Gasteiger partial charge in [0.25, 0.3) is 0 Å². The first kappa shape index (κ1) is 14.1. The molecular formula is C16H20BrNO2. The average Bonchev–Trinajstić information content (AvgIpc) is 2.47. The zero-order valence-electron chi connectivity index (χ0n) is 12.0. The molecule has 108 valence electrons. The standard InChI is InChI=1S/C16H20BrNO2/c1-10-11(2)16-12(8-13(10)17)15(19)14(9-20-16)18-6-4-3-5-7-18/h8,14H,3-7,9H2,1-2H3/t14-/m0/s1. The molecule has 0 spiro atoms. The Labute approximate surface area is 128 Å². The number of hydrogen-bond acceptors (Lipinski definition) is 3. The summed E-state index contributed by atoms with van der Waals surface area (Å²) in [6.07, 6.45) is 3.65. The maximum Gasteiger partial charge on any atom is 0.187 e. The minimum Gasteiger partial charge on any atom is -0.490 e. The molecule has 0 bridgehead atoms. The van der Waals surface area contributed by atoms with E-state index >= 15 is 0 Å². The fourth-order valence-corrected chi connectivity index (χ4v) is 3.67. The van der Waals surface area contributed by atoms with Crippen LogP contribution in [-0.4, -0.2) is 36.4 Å². The van der Waals surface area contributed by atoms with Crippen LogP contribution in [0.3, 0.4) is 0 Å². The predicted octanol–water partition coefficient (Wildman–Crippen LogP) is 3.50. The van der Waals surface area contributed by atoms with E-state index in [4.69, 9.17) is 4.74 Å². The van der Waals surface area contributed by atoms with Gasteiger partial charge < -0.3 is 4.74 Å². The Kier molecular flexibility index (Phi) is 3.87. The Morgan fingerprint density at radius 2 is 1.90 bits per heavy atom. The van der Waals surface area contributed by atoms with E-state index in [1.165, 1.54) is 19.3 Å². The van der Waals surface area contributed by atoms with Gasteiger partial charge in [-0.3, -0.25) is 9.69 Å². The average molecular weight is 338 g/mol. The Morgan fingerprint density at radius 1 is 1.20 bits per heavy atom. The lowest BCUT2D eigenvalue weighted by molar-refractivity contribution is 0.0621. The van der Waals surface area contributed by atoms with Crippen LogP contribution >= 0.6 is 15.9 Å². The first-order chi connectivity index (χ1) is 9.59. The summed E-state index contributed by atoms with van der Waals surface area (Å²) in [5.74, 6) is 1.00. The second kappa shape index (κ2) is 5.49. The van der Waals surface area contributed by atoms with Crippen LogP contribution in [0.4, 0.5) is 0 Å². The quantitative estimate of drug-likeness (QED) is 0.785. The van der Waals surface area contributed by atoms with Crippen LogP contribution in [-0.2, 0) is 0 Å². The molecule has 3 nitrogen and oxygen atoms in total. The van der Waals surface area contributed by atoms with Crippen molar-refractivity contribution in [2.45, 2.75) is 39.2 Å². The van der Waals surface area contributed by atoms with Crippen LogP contribution in [0.25, 0.3) is 0 Å². The molecule has 0 aromatic heterocycles. The second-order valence-corrected chi connectivity index (χ2v) is 6.63. The van der Waals surface area contributed by atoms with Gasteiger partial charge in [-0.2, -0.15) is 0 Å². The van der Waals surface area contributed by atoms with Crippen molar-refractivity contribution in [1.82, 2.24) is 4.90 Å². The van der Waals surface area contributed by atoms with Crippen molar-refractivity contribution in [3.63, 3.8) is 0 Å². The summed E-state index contributed by atoms with van der Waals surface area (Å²) in [5, 5.41) is 0. The summed E-state index contributed by atoms with van der Waals surface area (Å²) >= 11 is 3.55. The highest BCUT2D eigenvalue weighted by molar-refractivity contribution is 9.10. The number of hydrogen-bond donors (Lipinski definition) is 0. The minimum atomic E-state index is -0.100. The van der Waals surface area contributed by atoms with Gasteiger partial charge in [-0.15, -0.1) is 0 Å². The van der Waals surface area contributed by atoms with Gasteiger partial charge in [0.15, 0.2) is 5.78 Å². The zero-order chi connectivity index (χ0) is 14.3. The number of likely N-dealkylation sites (tertiary alicyclic amines) is 1. The first-order valence-electron chi connectivity index (χ1n) is 7.30. The van der Waals surface area contributed by atoms with Crippen molar-refractivity contribution >= 4 is 21.7 Å². The Balaban J connectivity index is 1.94. The third-order valence-electron chi connectivity index (χ3n) is 4.56. The highest BCUT2D eigenvalue weighted by Gasteiger charge is 2.35. The SMILES string of the molecule is Cc1c(Br)cc2c(c1C)OC[C@H](N1CCCCC1)C2=O. The summed E-state index contributed by atoms with van der Waals surface area (Å²) in [6.45, 7) is 6.59.